The number of rotatable bonds is 3. The van der Waals surface area contributed by atoms with Crippen LogP contribution in [-0.2, 0) is 0 Å². The van der Waals surface area contributed by atoms with E-state index >= 15 is 0 Å². The molecule has 4 nitrogen and oxygen atoms in total. The zero-order valence-electron chi connectivity index (χ0n) is 26.1. The monoisotopic (exact) mass is 617 g/mol. The summed E-state index contributed by atoms with van der Waals surface area (Å²) in [4.78, 5) is 14.2. The van der Waals surface area contributed by atoms with Crippen LogP contribution in [-0.4, -0.2) is 4.40 Å². The molecule has 0 bridgehead atoms. The molecule has 10 aromatic rings. The van der Waals surface area contributed by atoms with E-state index in [0.29, 0.717) is 5.39 Å². The predicted octanol–water partition coefficient (Wildman–Crippen LogP) is 9.94. The van der Waals surface area contributed by atoms with Crippen molar-refractivity contribution in [3.63, 3.8) is 0 Å². The SMILES string of the molecule is C=c1/c(=C\C=C/C)oc2c(-c3ccc4c(c3)c3cc(-c5cccc6c5oc5ccccc56)cc5c6ccccc6c(=O)n4c53)cccc12. The second-order valence-electron chi connectivity index (χ2n) is 12.4. The Morgan fingerprint density at radius 1 is 0.604 bits per heavy atom. The maximum atomic E-state index is 14.2. The molecule has 4 heterocycles. The fourth-order valence-corrected chi connectivity index (χ4v) is 7.62. The van der Waals surface area contributed by atoms with Crippen molar-refractivity contribution in [1.29, 1.82) is 0 Å². The summed E-state index contributed by atoms with van der Waals surface area (Å²) in [6.45, 7) is 6.29. The van der Waals surface area contributed by atoms with Gasteiger partial charge >= 0.3 is 0 Å². The normalized spacial score (nSPS) is 12.9. The number of fused-ring (bicyclic) bond motifs is 9. The van der Waals surface area contributed by atoms with Crippen LogP contribution < -0.4 is 16.2 Å². The van der Waals surface area contributed by atoms with Crippen LogP contribution in [0.1, 0.15) is 6.92 Å². The third-order valence-electron chi connectivity index (χ3n) is 9.83. The van der Waals surface area contributed by atoms with Crippen LogP contribution in [0.5, 0.6) is 0 Å². The molecule has 0 saturated heterocycles. The highest BCUT2D eigenvalue weighted by atomic mass is 16.3. The van der Waals surface area contributed by atoms with Gasteiger partial charge in [-0.2, -0.15) is 0 Å². The highest BCUT2D eigenvalue weighted by molar-refractivity contribution is 6.23. The average Bonchev–Trinajstić information content (AvgIpc) is 3.78. The van der Waals surface area contributed by atoms with Crippen LogP contribution in [0.2, 0.25) is 0 Å². The second kappa shape index (κ2) is 9.81. The Morgan fingerprint density at radius 2 is 1.25 bits per heavy atom. The number of para-hydroxylation sites is 3. The molecule has 0 unspecified atom stereocenters. The quantitative estimate of drug-likeness (QED) is 0.185. The van der Waals surface area contributed by atoms with Crippen LogP contribution in [0.25, 0.3) is 106 Å². The predicted molar refractivity (Wildman–Crippen MR) is 199 cm³/mol. The Labute approximate surface area is 273 Å². The molecule has 48 heavy (non-hydrogen) atoms. The number of hydrogen-bond acceptors (Lipinski definition) is 3. The summed E-state index contributed by atoms with van der Waals surface area (Å²) in [5.74, 6) is 0. The van der Waals surface area contributed by atoms with Gasteiger partial charge in [-0.15, -0.1) is 0 Å². The zero-order valence-corrected chi connectivity index (χ0v) is 26.1. The Kier molecular flexibility index (Phi) is 5.47. The Morgan fingerprint density at radius 3 is 2.06 bits per heavy atom. The number of furan rings is 2. The molecule has 4 heteroatoms. The van der Waals surface area contributed by atoms with Gasteiger partial charge in [-0.05, 0) is 65.9 Å². The highest BCUT2D eigenvalue weighted by Gasteiger charge is 2.21. The van der Waals surface area contributed by atoms with Gasteiger partial charge in [-0.3, -0.25) is 9.20 Å². The smallest absolute Gasteiger partial charge is 0.263 e. The van der Waals surface area contributed by atoms with Gasteiger partial charge in [0.25, 0.3) is 5.56 Å². The van der Waals surface area contributed by atoms with Crippen molar-refractivity contribution < 1.29 is 8.83 Å². The van der Waals surface area contributed by atoms with Crippen molar-refractivity contribution in [2.24, 2.45) is 0 Å². The molecular weight excluding hydrogens is 590 g/mol. The number of pyridine rings is 1. The lowest BCUT2D eigenvalue weighted by molar-refractivity contribution is 0.577. The van der Waals surface area contributed by atoms with E-state index in [4.69, 9.17) is 8.83 Å². The van der Waals surface area contributed by atoms with Crippen LogP contribution in [0, 0.1) is 0 Å². The molecule has 0 N–H and O–H groups in total. The van der Waals surface area contributed by atoms with E-state index in [2.05, 4.69) is 79.4 Å². The molecule has 0 aliphatic heterocycles. The summed E-state index contributed by atoms with van der Waals surface area (Å²) in [7, 11) is 0. The van der Waals surface area contributed by atoms with Crippen LogP contribution >= 0.6 is 0 Å². The van der Waals surface area contributed by atoms with Gasteiger partial charge in [0.1, 0.15) is 22.2 Å². The average molecular weight is 618 g/mol. The first-order chi connectivity index (χ1) is 23.6. The van der Waals surface area contributed by atoms with E-state index in [1.54, 1.807) is 0 Å². The van der Waals surface area contributed by atoms with Gasteiger partial charge in [0.05, 0.1) is 11.0 Å². The second-order valence-corrected chi connectivity index (χ2v) is 12.4. The first-order valence-corrected chi connectivity index (χ1v) is 16.1. The number of hydrogen-bond donors (Lipinski definition) is 0. The summed E-state index contributed by atoms with van der Waals surface area (Å²) in [5, 5.41) is 8.71. The summed E-state index contributed by atoms with van der Waals surface area (Å²) in [6.07, 6.45) is 5.89. The van der Waals surface area contributed by atoms with E-state index < -0.39 is 0 Å². The standard InChI is InChI=1S/C44H27NO3/c1-3-4-18-39-25(2)28-14-9-15-29(42(28)47-39)26-20-21-38-35(22-26)37-24-27(23-36-31-11-5-6-13-34(31)44(46)45(38)41(36)37)30-16-10-17-33-32-12-7-8-19-40(32)48-43(30)33/h3-24H,2H2,1H3/b4-3-,39-18+. The van der Waals surface area contributed by atoms with E-state index in [0.717, 1.165) is 98.4 Å². The molecule has 0 aliphatic rings. The Hall–Kier alpha value is -6.39. The molecule has 0 atom stereocenters. The van der Waals surface area contributed by atoms with E-state index in [9.17, 15) is 4.79 Å². The van der Waals surface area contributed by atoms with Gasteiger partial charge in [0.15, 0.2) is 0 Å². The molecule has 10 rings (SSSR count). The minimum atomic E-state index is -0.0167. The maximum absolute atomic E-state index is 14.2. The molecule has 0 spiro atoms. The molecule has 0 aliphatic carbocycles. The fourth-order valence-electron chi connectivity index (χ4n) is 7.62. The molecule has 4 aromatic heterocycles. The lowest BCUT2D eigenvalue weighted by Crippen LogP contribution is -2.17. The number of benzene rings is 6. The minimum absolute atomic E-state index is 0.0167. The summed E-state index contributed by atoms with van der Waals surface area (Å²) >= 11 is 0. The molecule has 0 radical (unpaired) electrons. The first kappa shape index (κ1) is 26.8. The van der Waals surface area contributed by atoms with Crippen molar-refractivity contribution in [1.82, 2.24) is 4.40 Å². The van der Waals surface area contributed by atoms with Gasteiger partial charge < -0.3 is 8.83 Å². The fraction of sp³-hybridized carbons (Fsp3) is 0.0227. The van der Waals surface area contributed by atoms with Crippen molar-refractivity contribution in [3.8, 4) is 22.3 Å². The van der Waals surface area contributed by atoms with Crippen LogP contribution in [0.3, 0.4) is 0 Å². The van der Waals surface area contributed by atoms with Gasteiger partial charge in [0, 0.05) is 54.0 Å². The number of allylic oxidation sites excluding steroid dienone is 2. The Bertz CT molecular complexity index is 3170. The summed E-state index contributed by atoms with van der Waals surface area (Å²) < 4.78 is 14.8. The number of nitrogens with zero attached hydrogens (tertiary/aromatic N) is 1. The molecule has 0 amide bonds. The largest absolute Gasteiger partial charge is 0.455 e. The third kappa shape index (κ3) is 3.57. The molecule has 6 aromatic carbocycles. The van der Waals surface area contributed by atoms with Crippen LogP contribution in [0.15, 0.2) is 141 Å². The first-order valence-electron chi connectivity index (χ1n) is 16.1. The van der Waals surface area contributed by atoms with E-state index in [1.807, 2.05) is 72.0 Å². The summed E-state index contributed by atoms with van der Waals surface area (Å²) in [6, 6.07) is 39.4. The van der Waals surface area contributed by atoms with Gasteiger partial charge in [-0.1, -0.05) is 97.6 Å². The zero-order chi connectivity index (χ0) is 32.1. The highest BCUT2D eigenvalue weighted by Crippen LogP contribution is 2.42. The van der Waals surface area contributed by atoms with E-state index in [1.165, 1.54) is 0 Å². The lowest BCUT2D eigenvalue weighted by atomic mass is 9.95. The van der Waals surface area contributed by atoms with Crippen molar-refractivity contribution >= 4 is 83.5 Å². The Balaban J connectivity index is 1.33. The van der Waals surface area contributed by atoms with Crippen LogP contribution in [0.4, 0.5) is 0 Å². The van der Waals surface area contributed by atoms with E-state index in [-0.39, 0.29) is 5.56 Å². The third-order valence-corrected chi connectivity index (χ3v) is 9.83. The number of aromatic nitrogens is 1. The topological polar surface area (TPSA) is 47.8 Å². The van der Waals surface area contributed by atoms with Crippen molar-refractivity contribution in [2.45, 2.75) is 6.92 Å². The minimum Gasteiger partial charge on any atom is -0.455 e. The molecule has 226 valence electrons. The molecule has 0 saturated carbocycles. The lowest BCUT2D eigenvalue weighted by Gasteiger charge is -2.10. The molecule has 0 fully saturated rings. The summed E-state index contributed by atoms with van der Waals surface area (Å²) in [5.41, 5.74) is 9.09. The van der Waals surface area contributed by atoms with Crippen molar-refractivity contribution in [3.05, 3.63) is 148 Å². The maximum Gasteiger partial charge on any atom is 0.263 e. The van der Waals surface area contributed by atoms with Gasteiger partial charge in [-0.25, -0.2) is 0 Å². The van der Waals surface area contributed by atoms with Gasteiger partial charge in [0.2, 0.25) is 0 Å². The molecular formula is C44H27NO3. The van der Waals surface area contributed by atoms with Crippen molar-refractivity contribution in [2.75, 3.05) is 0 Å².